The Bertz CT molecular complexity index is 202. The molecular weight excluding hydrogens is 174 g/mol. The van der Waals surface area contributed by atoms with E-state index in [9.17, 15) is 5.11 Å². The van der Waals surface area contributed by atoms with Crippen molar-refractivity contribution in [2.45, 2.75) is 38.2 Å². The van der Waals surface area contributed by atoms with E-state index in [2.05, 4.69) is 12.2 Å². The monoisotopic (exact) mass is 196 g/mol. The third kappa shape index (κ3) is 2.82. The van der Waals surface area contributed by atoms with Gasteiger partial charge in [0.25, 0.3) is 0 Å². The topological polar surface area (TPSA) is 24.7 Å². The number of piperidine rings is 1. The maximum Gasteiger partial charge on any atom is 0.103 e. The second-order valence-corrected chi connectivity index (χ2v) is 4.85. The Balaban J connectivity index is 1.75. The molecule has 1 aliphatic carbocycles. The largest absolute Gasteiger partial charge is 0.387 e. The highest BCUT2D eigenvalue weighted by Gasteiger charge is 2.23. The van der Waals surface area contributed by atoms with Crippen LogP contribution in [0.15, 0.2) is 12.2 Å². The number of hydrogen-bond donors (Lipinski definition) is 2. The molecule has 0 saturated carbocycles. The van der Waals surface area contributed by atoms with E-state index in [4.69, 9.17) is 0 Å². The van der Waals surface area contributed by atoms with Gasteiger partial charge in [0, 0.05) is 5.92 Å². The van der Waals surface area contributed by atoms with Crippen LogP contribution in [0.2, 0.25) is 0 Å². The van der Waals surface area contributed by atoms with Gasteiger partial charge in [0.15, 0.2) is 0 Å². The molecule has 0 aromatic rings. The van der Waals surface area contributed by atoms with Crippen LogP contribution in [-0.2, 0) is 0 Å². The molecule has 0 aromatic carbocycles. The summed E-state index contributed by atoms with van der Waals surface area (Å²) >= 11 is 0. The van der Waals surface area contributed by atoms with Crippen LogP contribution in [0.3, 0.4) is 0 Å². The van der Waals surface area contributed by atoms with Crippen LogP contribution < -0.4 is 4.90 Å². The summed E-state index contributed by atoms with van der Waals surface area (Å²) in [6.07, 6.45) is 10.7. The fraction of sp³-hybridized carbons (Fsp3) is 0.833. The summed E-state index contributed by atoms with van der Waals surface area (Å²) < 4.78 is 0. The third-order valence-corrected chi connectivity index (χ3v) is 3.55. The highest BCUT2D eigenvalue weighted by molar-refractivity contribution is 4.89. The molecule has 14 heavy (non-hydrogen) atoms. The van der Waals surface area contributed by atoms with Crippen LogP contribution in [0, 0.1) is 5.92 Å². The summed E-state index contributed by atoms with van der Waals surface area (Å²) in [5.74, 6) is 0.875. The standard InChI is InChI=1S/C12H21NO/c14-12-7-4-8-13(10-12)9-11-5-2-1-3-6-11/h1-2,11-12,14H,3-10H2/p+1/t11-,12+/m0/s1. The van der Waals surface area contributed by atoms with Gasteiger partial charge in [-0.05, 0) is 32.1 Å². The molecule has 1 heterocycles. The molecule has 0 bridgehead atoms. The van der Waals surface area contributed by atoms with Crippen molar-refractivity contribution < 1.29 is 10.0 Å². The second kappa shape index (κ2) is 4.94. The summed E-state index contributed by atoms with van der Waals surface area (Å²) in [6.45, 7) is 3.54. The van der Waals surface area contributed by atoms with Crippen LogP contribution in [0.25, 0.3) is 0 Å². The third-order valence-electron chi connectivity index (χ3n) is 3.55. The minimum Gasteiger partial charge on any atom is -0.387 e. The van der Waals surface area contributed by atoms with Crippen LogP contribution >= 0.6 is 0 Å². The van der Waals surface area contributed by atoms with Gasteiger partial charge >= 0.3 is 0 Å². The summed E-state index contributed by atoms with van der Waals surface area (Å²) in [6, 6.07) is 0. The zero-order chi connectivity index (χ0) is 9.80. The summed E-state index contributed by atoms with van der Waals surface area (Å²) in [4.78, 5) is 1.63. The normalized spacial score (nSPS) is 38.5. The van der Waals surface area contributed by atoms with E-state index in [-0.39, 0.29) is 6.10 Å². The SMILES string of the molecule is O[C@@H]1CCC[NH+](C[C@H]2CC=CCC2)C1. The van der Waals surface area contributed by atoms with E-state index >= 15 is 0 Å². The first-order chi connectivity index (χ1) is 6.84. The molecule has 2 nitrogen and oxygen atoms in total. The lowest BCUT2D eigenvalue weighted by Crippen LogP contribution is -3.14. The molecule has 1 unspecified atom stereocenters. The van der Waals surface area contributed by atoms with Gasteiger partial charge in [-0.1, -0.05) is 12.2 Å². The number of nitrogens with one attached hydrogen (secondary N) is 1. The highest BCUT2D eigenvalue weighted by atomic mass is 16.3. The van der Waals surface area contributed by atoms with Crippen LogP contribution in [0.1, 0.15) is 32.1 Å². The number of allylic oxidation sites excluding steroid dienone is 2. The van der Waals surface area contributed by atoms with Crippen LogP contribution in [0.5, 0.6) is 0 Å². The molecule has 1 saturated heterocycles. The number of rotatable bonds is 2. The van der Waals surface area contributed by atoms with Gasteiger partial charge in [0.05, 0.1) is 13.1 Å². The van der Waals surface area contributed by atoms with Gasteiger partial charge < -0.3 is 10.0 Å². The van der Waals surface area contributed by atoms with Gasteiger partial charge in [-0.2, -0.15) is 0 Å². The maximum absolute atomic E-state index is 9.57. The van der Waals surface area contributed by atoms with E-state index < -0.39 is 0 Å². The van der Waals surface area contributed by atoms with Crippen molar-refractivity contribution in [1.82, 2.24) is 0 Å². The first-order valence-corrected chi connectivity index (χ1v) is 6.01. The Morgan fingerprint density at radius 1 is 1.29 bits per heavy atom. The predicted molar refractivity (Wildman–Crippen MR) is 57.3 cm³/mol. The molecule has 0 radical (unpaired) electrons. The molecule has 2 rings (SSSR count). The molecule has 80 valence electrons. The molecule has 2 heteroatoms. The Kier molecular flexibility index (Phi) is 3.60. The average molecular weight is 196 g/mol. The lowest BCUT2D eigenvalue weighted by molar-refractivity contribution is -0.911. The highest BCUT2D eigenvalue weighted by Crippen LogP contribution is 2.16. The van der Waals surface area contributed by atoms with E-state index in [0.717, 1.165) is 18.9 Å². The Morgan fingerprint density at radius 2 is 2.21 bits per heavy atom. The molecule has 0 spiro atoms. The Morgan fingerprint density at radius 3 is 2.93 bits per heavy atom. The summed E-state index contributed by atoms with van der Waals surface area (Å²) in [7, 11) is 0. The van der Waals surface area contributed by atoms with Gasteiger partial charge in [-0.15, -0.1) is 0 Å². The first-order valence-electron chi connectivity index (χ1n) is 6.01. The molecule has 0 aromatic heterocycles. The minimum atomic E-state index is -0.0297. The van der Waals surface area contributed by atoms with E-state index in [1.54, 1.807) is 4.90 Å². The van der Waals surface area contributed by atoms with Gasteiger partial charge in [-0.3, -0.25) is 0 Å². The zero-order valence-corrected chi connectivity index (χ0v) is 8.91. The van der Waals surface area contributed by atoms with Crippen LogP contribution in [-0.4, -0.2) is 30.8 Å². The molecule has 2 N–H and O–H groups in total. The predicted octanol–water partition coefficient (Wildman–Crippen LogP) is 0.382. The average Bonchev–Trinajstić information content (AvgIpc) is 2.19. The van der Waals surface area contributed by atoms with Crippen molar-refractivity contribution in [1.29, 1.82) is 0 Å². The summed E-state index contributed by atoms with van der Waals surface area (Å²) in [5.41, 5.74) is 0. The number of hydrogen-bond acceptors (Lipinski definition) is 1. The van der Waals surface area contributed by atoms with Gasteiger partial charge in [-0.25, -0.2) is 0 Å². The van der Waals surface area contributed by atoms with Gasteiger partial charge in [0.2, 0.25) is 0 Å². The van der Waals surface area contributed by atoms with Crippen molar-refractivity contribution in [3.8, 4) is 0 Å². The smallest absolute Gasteiger partial charge is 0.103 e. The number of aliphatic hydroxyl groups excluding tert-OH is 1. The molecular formula is C12H22NO+. The lowest BCUT2D eigenvalue weighted by atomic mass is 9.93. The van der Waals surface area contributed by atoms with E-state index in [0.29, 0.717) is 0 Å². The van der Waals surface area contributed by atoms with Crippen molar-refractivity contribution >= 4 is 0 Å². The lowest BCUT2D eigenvalue weighted by Gasteiger charge is -2.30. The van der Waals surface area contributed by atoms with E-state index in [1.165, 1.54) is 38.8 Å². The number of quaternary nitrogens is 1. The van der Waals surface area contributed by atoms with Crippen molar-refractivity contribution in [2.24, 2.45) is 5.92 Å². The van der Waals surface area contributed by atoms with Gasteiger partial charge in [0.1, 0.15) is 12.6 Å². The Hall–Kier alpha value is -0.340. The van der Waals surface area contributed by atoms with E-state index in [1.807, 2.05) is 0 Å². The van der Waals surface area contributed by atoms with Crippen molar-refractivity contribution in [3.05, 3.63) is 12.2 Å². The summed E-state index contributed by atoms with van der Waals surface area (Å²) in [5, 5.41) is 9.57. The molecule has 1 aliphatic heterocycles. The van der Waals surface area contributed by atoms with Crippen molar-refractivity contribution in [3.63, 3.8) is 0 Å². The second-order valence-electron chi connectivity index (χ2n) is 4.85. The molecule has 0 amide bonds. The van der Waals surface area contributed by atoms with Crippen molar-refractivity contribution in [2.75, 3.05) is 19.6 Å². The van der Waals surface area contributed by atoms with Crippen LogP contribution in [0.4, 0.5) is 0 Å². The maximum atomic E-state index is 9.57. The zero-order valence-electron chi connectivity index (χ0n) is 8.91. The first kappa shape index (κ1) is 10.2. The fourth-order valence-electron chi connectivity index (χ4n) is 2.76. The number of likely N-dealkylation sites (tertiary alicyclic amines) is 1. The molecule has 2 aliphatic rings. The Labute approximate surface area is 86.6 Å². The molecule has 3 atom stereocenters. The minimum absolute atomic E-state index is 0.0297. The fourth-order valence-corrected chi connectivity index (χ4v) is 2.76. The molecule has 1 fully saturated rings. The quantitative estimate of drug-likeness (QED) is 0.613. The number of aliphatic hydroxyl groups is 1.